The first kappa shape index (κ1) is 35.4. The second kappa shape index (κ2) is 12.3. The number of hydrogen-bond acceptors (Lipinski definition) is 8. The van der Waals surface area contributed by atoms with Crippen molar-refractivity contribution in [2.75, 3.05) is 43.4 Å². The van der Waals surface area contributed by atoms with Crippen molar-refractivity contribution < 1.29 is 53.0 Å². The van der Waals surface area contributed by atoms with Gasteiger partial charge in [0.2, 0.25) is 0 Å². The Labute approximate surface area is 282 Å². The molecule has 2 aromatic heterocycles. The van der Waals surface area contributed by atoms with E-state index in [2.05, 4.69) is 20.3 Å². The van der Waals surface area contributed by atoms with E-state index in [9.17, 15) is 43.9 Å². The van der Waals surface area contributed by atoms with Crippen molar-refractivity contribution in [2.24, 2.45) is 0 Å². The monoisotopic (exact) mass is 737 g/mol. The van der Waals surface area contributed by atoms with Crippen LogP contribution in [0.25, 0.3) is 22.2 Å². The Kier molecular flexibility index (Phi) is 8.54. The number of rotatable bonds is 6. The summed E-state index contributed by atoms with van der Waals surface area (Å²) in [7, 11) is 0. The molecule has 1 aromatic carbocycles. The van der Waals surface area contributed by atoms with Gasteiger partial charge in [-0.25, -0.2) is 18.2 Å². The number of nitrogens with one attached hydrogen (secondary N) is 1. The number of piperazine rings is 1. The first-order valence-corrected chi connectivity index (χ1v) is 16.1. The van der Waals surface area contributed by atoms with Crippen LogP contribution in [0.4, 0.5) is 59.9 Å². The average Bonchev–Trinajstić information content (AvgIpc) is 3.53. The number of nitrogen functional groups attached to an aromatic ring is 1. The summed E-state index contributed by atoms with van der Waals surface area (Å²) >= 11 is 0. The Hall–Kier alpha value is -4.00. The Bertz CT molecular complexity index is 1900. The lowest BCUT2D eigenvalue weighted by Crippen LogP contribution is -2.66. The van der Waals surface area contributed by atoms with Gasteiger partial charge in [0.05, 0.1) is 27.9 Å². The lowest BCUT2D eigenvalue weighted by Gasteiger charge is -2.49. The van der Waals surface area contributed by atoms with Gasteiger partial charge < -0.3 is 20.7 Å². The van der Waals surface area contributed by atoms with Gasteiger partial charge in [-0.05, 0) is 44.7 Å². The van der Waals surface area contributed by atoms with Gasteiger partial charge in [0, 0.05) is 49.6 Å². The molecule has 7 rings (SSSR count). The highest BCUT2D eigenvalue weighted by atomic mass is 19.4. The van der Waals surface area contributed by atoms with Crippen molar-refractivity contribution in [2.45, 2.75) is 74.2 Å². The third-order valence-electron chi connectivity index (χ3n) is 10.2. The van der Waals surface area contributed by atoms with Crippen LogP contribution in [-0.4, -0.2) is 75.9 Å². The highest BCUT2D eigenvalue weighted by molar-refractivity contribution is 5.95. The highest BCUT2D eigenvalue weighted by Crippen LogP contribution is 2.48. The fourth-order valence-corrected chi connectivity index (χ4v) is 8.26. The van der Waals surface area contributed by atoms with E-state index >= 15 is 4.39 Å². The number of anilines is 2. The Balaban J connectivity index is 1.46. The number of nitrogens with zero attached hydrogens (tertiary/aromatic N) is 5. The number of benzene rings is 1. The molecule has 8 nitrogen and oxygen atoms in total. The smallest absolute Gasteiger partial charge is 0.421 e. The van der Waals surface area contributed by atoms with Crippen molar-refractivity contribution >= 4 is 22.5 Å². The molecule has 19 heteroatoms. The molecule has 276 valence electrons. The Morgan fingerprint density at radius 3 is 2.49 bits per heavy atom. The van der Waals surface area contributed by atoms with Crippen molar-refractivity contribution in [3.63, 3.8) is 0 Å². The number of alkyl halides is 7. The van der Waals surface area contributed by atoms with Gasteiger partial charge in [-0.2, -0.15) is 45.1 Å². The standard InChI is InChI=1S/C32H30F11N7O/c33-15-9-30(5-2-6-50(30)11-15)14-51-28-46-25-17(27(47-28)49-12-16-3-1-4-29(13-49,48-16)10-20(35)36)7-18(31(38,39)40)22(24(25)37)26-23(32(41,42)43)19(34)8-21(44)45-26/h7-8,10,15-16,48H,1-6,9,11-14H2,(H2,44,45)/t15-,16?,29-,30?/m1/s1. The Morgan fingerprint density at radius 2 is 1.78 bits per heavy atom. The second-order valence-corrected chi connectivity index (χ2v) is 13.7. The minimum Gasteiger partial charge on any atom is -0.461 e. The van der Waals surface area contributed by atoms with Gasteiger partial charge >= 0.3 is 18.4 Å². The molecule has 0 aliphatic carbocycles. The average molecular weight is 738 g/mol. The summed E-state index contributed by atoms with van der Waals surface area (Å²) in [5.41, 5.74) is -5.39. The van der Waals surface area contributed by atoms with Crippen molar-refractivity contribution in [1.82, 2.24) is 25.2 Å². The first-order valence-electron chi connectivity index (χ1n) is 16.1. The molecular formula is C32H30F11N7O. The summed E-state index contributed by atoms with van der Waals surface area (Å²) < 4.78 is 166. The van der Waals surface area contributed by atoms with Crippen molar-refractivity contribution in [3.8, 4) is 17.3 Å². The van der Waals surface area contributed by atoms with Crippen LogP contribution in [0.2, 0.25) is 0 Å². The molecule has 4 aliphatic rings. The van der Waals surface area contributed by atoms with Crippen molar-refractivity contribution in [1.29, 1.82) is 0 Å². The van der Waals surface area contributed by atoms with E-state index in [0.29, 0.717) is 44.4 Å². The third-order valence-corrected chi connectivity index (χ3v) is 10.2. The van der Waals surface area contributed by atoms with Crippen LogP contribution in [0, 0.1) is 11.6 Å². The molecule has 0 saturated carbocycles. The molecule has 0 amide bonds. The summed E-state index contributed by atoms with van der Waals surface area (Å²) in [6, 6.07) is -0.581. The van der Waals surface area contributed by atoms with Crippen LogP contribution in [0.1, 0.15) is 49.7 Å². The molecule has 2 bridgehead atoms. The molecule has 51 heavy (non-hydrogen) atoms. The number of pyridine rings is 1. The fourth-order valence-electron chi connectivity index (χ4n) is 8.26. The normalized spacial score (nSPS) is 26.8. The van der Waals surface area contributed by atoms with Crippen LogP contribution in [0.3, 0.4) is 0 Å². The third kappa shape index (κ3) is 6.40. The lowest BCUT2D eigenvalue weighted by atomic mass is 9.82. The number of hydrogen-bond donors (Lipinski definition) is 2. The summed E-state index contributed by atoms with van der Waals surface area (Å²) in [4.78, 5) is 14.9. The van der Waals surface area contributed by atoms with Gasteiger partial charge in [-0.1, -0.05) is 0 Å². The van der Waals surface area contributed by atoms with Crippen LogP contribution >= 0.6 is 0 Å². The lowest BCUT2D eigenvalue weighted by molar-refractivity contribution is -0.141. The molecule has 3 N–H and O–H groups in total. The topological polar surface area (TPSA) is 92.4 Å². The van der Waals surface area contributed by atoms with E-state index in [1.807, 2.05) is 4.90 Å². The van der Waals surface area contributed by atoms with Crippen LogP contribution in [-0.2, 0) is 12.4 Å². The van der Waals surface area contributed by atoms with E-state index < -0.39 is 98.5 Å². The molecule has 0 spiro atoms. The minimum absolute atomic E-state index is 0.0151. The predicted molar refractivity (Wildman–Crippen MR) is 162 cm³/mol. The fraction of sp³-hybridized carbons (Fsp3) is 0.531. The summed E-state index contributed by atoms with van der Waals surface area (Å²) in [5.74, 6) is -5.36. The molecule has 4 atom stereocenters. The van der Waals surface area contributed by atoms with E-state index in [1.165, 1.54) is 4.90 Å². The molecule has 4 aliphatic heterocycles. The molecule has 6 heterocycles. The molecular weight excluding hydrogens is 707 g/mol. The van der Waals surface area contributed by atoms with E-state index in [4.69, 9.17) is 10.5 Å². The zero-order valence-electron chi connectivity index (χ0n) is 26.5. The highest BCUT2D eigenvalue weighted by Gasteiger charge is 2.50. The van der Waals surface area contributed by atoms with Gasteiger partial charge in [0.15, 0.2) is 5.82 Å². The number of aromatic nitrogens is 3. The zero-order valence-corrected chi connectivity index (χ0v) is 26.5. The molecule has 0 radical (unpaired) electrons. The van der Waals surface area contributed by atoms with Crippen LogP contribution in [0.5, 0.6) is 6.01 Å². The minimum atomic E-state index is -5.64. The van der Waals surface area contributed by atoms with Crippen LogP contribution in [0.15, 0.2) is 24.3 Å². The maximum atomic E-state index is 16.8. The maximum Gasteiger partial charge on any atom is 0.421 e. The zero-order chi connectivity index (χ0) is 36.7. The van der Waals surface area contributed by atoms with Crippen LogP contribution < -0.4 is 20.7 Å². The SMILES string of the molecule is Nc1cc(F)c(C(F)(F)F)c(-c2c(C(F)(F)F)cc3c(N4CC5CCC[C@@](C=C(F)F)(C4)N5)nc(OCC45CCCN4C[C@H](F)C5)nc3c2F)n1. The number of halogens is 11. The van der Waals surface area contributed by atoms with Gasteiger partial charge in [-0.3, -0.25) is 4.90 Å². The van der Waals surface area contributed by atoms with Crippen molar-refractivity contribution in [3.05, 3.63) is 47.1 Å². The van der Waals surface area contributed by atoms with Gasteiger partial charge in [0.25, 0.3) is 6.08 Å². The van der Waals surface area contributed by atoms with E-state index in [0.717, 1.165) is 0 Å². The number of fused-ring (bicyclic) bond motifs is 4. The quantitative estimate of drug-likeness (QED) is 0.261. The van der Waals surface area contributed by atoms with E-state index in [1.54, 1.807) is 0 Å². The maximum absolute atomic E-state index is 16.8. The predicted octanol–water partition coefficient (Wildman–Crippen LogP) is 7.03. The molecule has 4 saturated heterocycles. The summed E-state index contributed by atoms with van der Waals surface area (Å²) in [5, 5.41) is 2.50. The largest absolute Gasteiger partial charge is 0.461 e. The molecule has 3 aromatic rings. The number of ether oxygens (including phenoxy) is 1. The second-order valence-electron chi connectivity index (χ2n) is 13.7. The summed E-state index contributed by atoms with van der Waals surface area (Å²) in [6.45, 7) is 0.247. The van der Waals surface area contributed by atoms with E-state index in [-0.39, 0.29) is 51.0 Å². The summed E-state index contributed by atoms with van der Waals surface area (Å²) in [6.07, 6.45) is -11.1. The Morgan fingerprint density at radius 1 is 1.02 bits per heavy atom. The molecule has 4 fully saturated rings. The van der Waals surface area contributed by atoms with Gasteiger partial charge in [0.1, 0.15) is 41.3 Å². The van der Waals surface area contributed by atoms with Gasteiger partial charge in [-0.15, -0.1) is 0 Å². The molecule has 2 unspecified atom stereocenters. The number of nitrogens with two attached hydrogens (primary N) is 1. The first-order chi connectivity index (χ1) is 23.9. The number of piperidine rings is 1.